The van der Waals surface area contributed by atoms with Gasteiger partial charge in [0.2, 0.25) is 0 Å². The summed E-state index contributed by atoms with van der Waals surface area (Å²) in [4.78, 5) is 11.8. The molecule has 1 amide bonds. The van der Waals surface area contributed by atoms with Crippen LogP contribution in [0.25, 0.3) is 0 Å². The van der Waals surface area contributed by atoms with Crippen molar-refractivity contribution in [3.63, 3.8) is 0 Å². The van der Waals surface area contributed by atoms with Crippen molar-refractivity contribution in [3.05, 3.63) is 23.2 Å². The van der Waals surface area contributed by atoms with E-state index in [2.05, 4.69) is 12.2 Å². The van der Waals surface area contributed by atoms with Gasteiger partial charge >= 0.3 is 0 Å². The maximum absolute atomic E-state index is 11.8. The molecule has 3 N–H and O–H groups in total. The molecule has 18 heavy (non-hydrogen) atoms. The van der Waals surface area contributed by atoms with Crippen molar-refractivity contribution in [2.75, 3.05) is 17.7 Å². The molecule has 0 saturated heterocycles. The van der Waals surface area contributed by atoms with E-state index < -0.39 is 6.10 Å². The zero-order chi connectivity index (χ0) is 13.5. The number of unbranched alkanes of at least 4 members (excludes halogenated alkanes) is 1. The highest BCUT2D eigenvalue weighted by molar-refractivity contribution is 6.33. The van der Waals surface area contributed by atoms with Gasteiger partial charge in [-0.05, 0) is 31.5 Å². The Labute approximate surface area is 112 Å². The summed E-state index contributed by atoms with van der Waals surface area (Å²) in [5.74, 6) is -0.187. The van der Waals surface area contributed by atoms with Crippen LogP contribution in [0.3, 0.4) is 0 Å². The number of anilines is 2. The zero-order valence-corrected chi connectivity index (χ0v) is 11.5. The van der Waals surface area contributed by atoms with Gasteiger partial charge in [0.1, 0.15) is 6.10 Å². The van der Waals surface area contributed by atoms with E-state index in [0.29, 0.717) is 23.0 Å². The van der Waals surface area contributed by atoms with Crippen LogP contribution >= 0.6 is 11.6 Å². The summed E-state index contributed by atoms with van der Waals surface area (Å²) in [6.07, 6.45) is 1.52. The van der Waals surface area contributed by atoms with Crippen molar-refractivity contribution in [2.45, 2.75) is 32.8 Å². The molecule has 1 rings (SSSR count). The molecule has 5 heteroatoms. The van der Waals surface area contributed by atoms with Gasteiger partial charge < -0.3 is 15.8 Å². The molecule has 0 radical (unpaired) electrons. The van der Waals surface area contributed by atoms with Gasteiger partial charge in [0.15, 0.2) is 0 Å². The van der Waals surface area contributed by atoms with Gasteiger partial charge in [-0.2, -0.15) is 0 Å². The zero-order valence-electron chi connectivity index (χ0n) is 10.7. The number of rotatable bonds is 6. The number of hydrogen-bond donors (Lipinski definition) is 2. The first-order chi connectivity index (χ1) is 8.54. The van der Waals surface area contributed by atoms with Crippen LogP contribution in [-0.4, -0.2) is 18.6 Å². The van der Waals surface area contributed by atoms with E-state index in [1.54, 1.807) is 25.1 Å². The fourth-order valence-corrected chi connectivity index (χ4v) is 1.46. The predicted octanol–water partition coefficient (Wildman–Crippen LogP) is 3.07. The molecule has 4 nitrogen and oxygen atoms in total. The Morgan fingerprint density at radius 3 is 2.89 bits per heavy atom. The third kappa shape index (κ3) is 4.55. The Balaban J connectivity index is 2.50. The van der Waals surface area contributed by atoms with Crippen LogP contribution in [0.5, 0.6) is 0 Å². The predicted molar refractivity (Wildman–Crippen MR) is 74.8 cm³/mol. The Hall–Kier alpha value is -1.26. The molecular formula is C13H19ClN2O2. The van der Waals surface area contributed by atoms with Gasteiger partial charge in [0, 0.05) is 12.3 Å². The summed E-state index contributed by atoms with van der Waals surface area (Å²) in [5, 5.41) is 3.21. The molecule has 1 aromatic carbocycles. The summed E-state index contributed by atoms with van der Waals surface area (Å²) in [6, 6.07) is 4.98. The van der Waals surface area contributed by atoms with E-state index in [-0.39, 0.29) is 5.91 Å². The number of carbonyl (C=O) groups excluding carboxylic acids is 1. The molecular weight excluding hydrogens is 252 g/mol. The monoisotopic (exact) mass is 270 g/mol. The minimum absolute atomic E-state index is 0.187. The maximum atomic E-state index is 11.8. The average Bonchev–Trinajstić information content (AvgIpc) is 2.34. The average molecular weight is 271 g/mol. The van der Waals surface area contributed by atoms with Crippen molar-refractivity contribution in [1.29, 1.82) is 0 Å². The second-order valence-corrected chi connectivity index (χ2v) is 4.50. The van der Waals surface area contributed by atoms with Crippen LogP contribution < -0.4 is 11.1 Å². The Morgan fingerprint density at radius 1 is 1.56 bits per heavy atom. The second-order valence-electron chi connectivity index (χ2n) is 4.09. The molecule has 1 aromatic rings. The Morgan fingerprint density at radius 2 is 2.28 bits per heavy atom. The lowest BCUT2D eigenvalue weighted by molar-refractivity contribution is -0.126. The third-order valence-electron chi connectivity index (χ3n) is 2.50. The first-order valence-corrected chi connectivity index (χ1v) is 6.40. The summed E-state index contributed by atoms with van der Waals surface area (Å²) < 4.78 is 5.40. The summed E-state index contributed by atoms with van der Waals surface area (Å²) >= 11 is 5.80. The lowest BCUT2D eigenvalue weighted by Gasteiger charge is -2.13. The minimum Gasteiger partial charge on any atom is -0.397 e. The fraction of sp³-hybridized carbons (Fsp3) is 0.462. The molecule has 0 heterocycles. The van der Waals surface area contributed by atoms with Gasteiger partial charge in [-0.3, -0.25) is 4.79 Å². The van der Waals surface area contributed by atoms with Crippen molar-refractivity contribution in [3.8, 4) is 0 Å². The van der Waals surface area contributed by atoms with Crippen LogP contribution in [-0.2, 0) is 9.53 Å². The number of nitrogens with one attached hydrogen (secondary N) is 1. The third-order valence-corrected chi connectivity index (χ3v) is 2.84. The summed E-state index contributed by atoms with van der Waals surface area (Å²) in [6.45, 7) is 4.39. The highest BCUT2D eigenvalue weighted by Crippen LogP contribution is 2.22. The van der Waals surface area contributed by atoms with E-state index in [0.717, 1.165) is 12.8 Å². The number of halogens is 1. The largest absolute Gasteiger partial charge is 0.397 e. The van der Waals surface area contributed by atoms with Crippen molar-refractivity contribution >= 4 is 28.9 Å². The quantitative estimate of drug-likeness (QED) is 0.617. The number of nitrogens with two attached hydrogens (primary N) is 1. The summed E-state index contributed by atoms with van der Waals surface area (Å²) in [5.41, 5.74) is 6.71. The number of ether oxygens (including phenoxy) is 1. The molecule has 1 atom stereocenters. The molecule has 100 valence electrons. The summed E-state index contributed by atoms with van der Waals surface area (Å²) in [7, 11) is 0. The number of nitrogen functional groups attached to an aromatic ring is 1. The van der Waals surface area contributed by atoms with Crippen LogP contribution in [0.2, 0.25) is 5.02 Å². The fourth-order valence-electron chi connectivity index (χ4n) is 1.35. The van der Waals surface area contributed by atoms with Crippen LogP contribution in [0.1, 0.15) is 26.7 Å². The molecule has 0 spiro atoms. The van der Waals surface area contributed by atoms with Crippen molar-refractivity contribution < 1.29 is 9.53 Å². The number of benzene rings is 1. The molecule has 1 unspecified atom stereocenters. The molecule has 0 saturated carbocycles. The minimum atomic E-state index is -0.478. The number of carbonyl (C=O) groups is 1. The van der Waals surface area contributed by atoms with Crippen LogP contribution in [0, 0.1) is 0 Å². The van der Waals surface area contributed by atoms with E-state index >= 15 is 0 Å². The van der Waals surface area contributed by atoms with Crippen molar-refractivity contribution in [1.82, 2.24) is 0 Å². The Kier molecular flexibility index (Phi) is 5.95. The van der Waals surface area contributed by atoms with Crippen LogP contribution in [0.4, 0.5) is 11.4 Å². The maximum Gasteiger partial charge on any atom is 0.253 e. The van der Waals surface area contributed by atoms with Gasteiger partial charge in [0.05, 0.1) is 10.7 Å². The standard InChI is InChI=1S/C13H19ClN2O2/c1-3-4-7-18-9(2)13(17)16-10-5-6-11(14)12(15)8-10/h5-6,8-9H,3-4,7,15H2,1-2H3,(H,16,17). The van der Waals surface area contributed by atoms with E-state index in [9.17, 15) is 4.79 Å². The molecule has 0 aliphatic carbocycles. The topological polar surface area (TPSA) is 64.3 Å². The van der Waals surface area contributed by atoms with E-state index in [4.69, 9.17) is 22.1 Å². The lowest BCUT2D eigenvalue weighted by atomic mass is 10.2. The lowest BCUT2D eigenvalue weighted by Crippen LogP contribution is -2.28. The van der Waals surface area contributed by atoms with Gasteiger partial charge in [0.25, 0.3) is 5.91 Å². The molecule has 0 bridgehead atoms. The second kappa shape index (κ2) is 7.24. The van der Waals surface area contributed by atoms with Gasteiger partial charge in [-0.25, -0.2) is 0 Å². The highest BCUT2D eigenvalue weighted by Gasteiger charge is 2.13. The van der Waals surface area contributed by atoms with Gasteiger partial charge in [-0.1, -0.05) is 24.9 Å². The molecule has 0 aliphatic heterocycles. The number of amides is 1. The SMILES string of the molecule is CCCCOC(C)C(=O)Nc1ccc(Cl)c(N)c1. The van der Waals surface area contributed by atoms with E-state index in [1.807, 2.05) is 0 Å². The van der Waals surface area contributed by atoms with Gasteiger partial charge in [-0.15, -0.1) is 0 Å². The molecule has 0 aromatic heterocycles. The normalized spacial score (nSPS) is 12.2. The number of hydrogen-bond acceptors (Lipinski definition) is 3. The highest BCUT2D eigenvalue weighted by atomic mass is 35.5. The Bertz CT molecular complexity index is 410. The van der Waals surface area contributed by atoms with Crippen LogP contribution in [0.15, 0.2) is 18.2 Å². The molecule has 0 aliphatic rings. The first-order valence-electron chi connectivity index (χ1n) is 6.02. The van der Waals surface area contributed by atoms with Crippen molar-refractivity contribution in [2.24, 2.45) is 0 Å². The first kappa shape index (κ1) is 14.8. The smallest absolute Gasteiger partial charge is 0.253 e. The van der Waals surface area contributed by atoms with E-state index in [1.165, 1.54) is 0 Å². The molecule has 0 fully saturated rings.